The minimum atomic E-state index is 0.477. The smallest absolute Gasteiger partial charge is 0.110 e. The molecule has 3 N–H and O–H groups in total. The molecular weight excluding hydrogens is 214 g/mol. The molecule has 90 valence electrons. The van der Waals surface area contributed by atoms with E-state index in [1.54, 1.807) is 6.33 Å². The Bertz CT molecular complexity index is 533. The van der Waals surface area contributed by atoms with Gasteiger partial charge in [-0.2, -0.15) is 0 Å². The van der Waals surface area contributed by atoms with Crippen molar-refractivity contribution in [2.75, 3.05) is 20.1 Å². The highest BCUT2D eigenvalue weighted by molar-refractivity contribution is 5.77. The van der Waals surface area contributed by atoms with Crippen molar-refractivity contribution in [1.29, 1.82) is 0 Å². The predicted molar refractivity (Wildman–Crippen MR) is 66.6 cm³/mol. The van der Waals surface area contributed by atoms with Gasteiger partial charge in [-0.15, -0.1) is 0 Å². The van der Waals surface area contributed by atoms with Gasteiger partial charge in [0.25, 0.3) is 0 Å². The van der Waals surface area contributed by atoms with E-state index in [4.69, 9.17) is 5.73 Å². The van der Waals surface area contributed by atoms with Crippen molar-refractivity contribution >= 4 is 11.0 Å². The van der Waals surface area contributed by atoms with Gasteiger partial charge in [-0.3, -0.25) is 4.98 Å². The lowest BCUT2D eigenvalue weighted by Gasteiger charge is -2.11. The maximum absolute atomic E-state index is 5.70. The zero-order valence-electron chi connectivity index (χ0n) is 9.98. The van der Waals surface area contributed by atoms with Crippen molar-refractivity contribution in [2.24, 2.45) is 5.73 Å². The van der Waals surface area contributed by atoms with Gasteiger partial charge < -0.3 is 15.6 Å². The normalized spacial score (nSPS) is 21.4. The molecule has 1 atom stereocenters. The lowest BCUT2D eigenvalue weighted by Crippen LogP contribution is -2.14. The maximum atomic E-state index is 5.70. The molecule has 5 heteroatoms. The first-order valence-electron chi connectivity index (χ1n) is 5.99. The van der Waals surface area contributed by atoms with Crippen LogP contribution in [0.5, 0.6) is 0 Å². The molecule has 0 spiro atoms. The first kappa shape index (κ1) is 10.7. The molecule has 0 saturated carbocycles. The molecule has 0 amide bonds. The number of likely N-dealkylation sites (N-methyl/N-ethyl adjacent to an activating group) is 1. The van der Waals surface area contributed by atoms with Crippen LogP contribution in [0.25, 0.3) is 11.0 Å². The fourth-order valence-corrected chi connectivity index (χ4v) is 2.57. The first-order chi connectivity index (χ1) is 8.28. The summed E-state index contributed by atoms with van der Waals surface area (Å²) in [5, 5.41) is 0. The van der Waals surface area contributed by atoms with Crippen LogP contribution in [0.3, 0.4) is 0 Å². The number of likely N-dealkylation sites (tertiary alicyclic amines) is 1. The number of nitrogens with zero attached hydrogens (tertiary/aromatic N) is 3. The van der Waals surface area contributed by atoms with Crippen molar-refractivity contribution in [2.45, 2.75) is 18.9 Å². The van der Waals surface area contributed by atoms with E-state index in [2.05, 4.69) is 26.9 Å². The quantitative estimate of drug-likeness (QED) is 0.803. The number of rotatable bonds is 2. The number of hydrogen-bond donors (Lipinski definition) is 2. The van der Waals surface area contributed by atoms with Crippen molar-refractivity contribution in [3.8, 4) is 0 Å². The van der Waals surface area contributed by atoms with E-state index in [1.807, 2.05) is 6.07 Å². The molecule has 17 heavy (non-hydrogen) atoms. The number of H-pyrrole nitrogens is 1. The summed E-state index contributed by atoms with van der Waals surface area (Å²) < 4.78 is 0. The SMILES string of the molecule is CN1CCC(c2nc(CN)cc3[nH]cnc23)C1. The van der Waals surface area contributed by atoms with Crippen LogP contribution in [0.1, 0.15) is 23.7 Å². The van der Waals surface area contributed by atoms with Crippen LogP contribution in [-0.4, -0.2) is 40.0 Å². The molecule has 1 aliphatic heterocycles. The molecule has 3 heterocycles. The van der Waals surface area contributed by atoms with E-state index in [1.165, 1.54) is 0 Å². The Hall–Kier alpha value is -1.46. The van der Waals surface area contributed by atoms with E-state index in [0.29, 0.717) is 12.5 Å². The average molecular weight is 231 g/mol. The third-order valence-electron chi connectivity index (χ3n) is 3.47. The van der Waals surface area contributed by atoms with Crippen LogP contribution < -0.4 is 5.73 Å². The van der Waals surface area contributed by atoms with E-state index in [0.717, 1.165) is 41.9 Å². The standard InChI is InChI=1S/C12H17N5/c1-17-3-2-8(6-17)11-12-10(14-7-15-12)4-9(5-13)16-11/h4,7-8H,2-3,5-6,13H2,1H3,(H,14,15). The number of aromatic nitrogens is 3. The van der Waals surface area contributed by atoms with Crippen LogP contribution in [0.15, 0.2) is 12.4 Å². The van der Waals surface area contributed by atoms with Crippen molar-refractivity contribution in [3.63, 3.8) is 0 Å². The van der Waals surface area contributed by atoms with Gasteiger partial charge in [0, 0.05) is 19.0 Å². The Balaban J connectivity index is 2.10. The molecule has 1 aliphatic rings. The summed E-state index contributed by atoms with van der Waals surface area (Å²) in [5.74, 6) is 0.484. The van der Waals surface area contributed by atoms with Gasteiger partial charge in [0.2, 0.25) is 0 Å². The number of nitrogens with one attached hydrogen (secondary N) is 1. The second-order valence-corrected chi connectivity index (χ2v) is 4.75. The molecule has 0 radical (unpaired) electrons. The summed E-state index contributed by atoms with van der Waals surface area (Å²) in [5.41, 5.74) is 9.79. The second-order valence-electron chi connectivity index (χ2n) is 4.75. The van der Waals surface area contributed by atoms with Gasteiger partial charge in [0.05, 0.1) is 23.2 Å². The lowest BCUT2D eigenvalue weighted by molar-refractivity contribution is 0.411. The minimum absolute atomic E-state index is 0.477. The molecule has 1 saturated heterocycles. The predicted octanol–water partition coefficient (Wildman–Crippen LogP) is 0.836. The summed E-state index contributed by atoms with van der Waals surface area (Å²) in [6.45, 7) is 2.67. The van der Waals surface area contributed by atoms with Crippen molar-refractivity contribution in [1.82, 2.24) is 19.9 Å². The average Bonchev–Trinajstić information content (AvgIpc) is 2.95. The van der Waals surface area contributed by atoms with Gasteiger partial charge in [0.1, 0.15) is 5.52 Å². The molecule has 3 rings (SSSR count). The molecule has 0 aliphatic carbocycles. The third kappa shape index (κ3) is 1.81. The maximum Gasteiger partial charge on any atom is 0.110 e. The minimum Gasteiger partial charge on any atom is -0.344 e. The van der Waals surface area contributed by atoms with Gasteiger partial charge in [0.15, 0.2) is 0 Å². The summed E-state index contributed by atoms with van der Waals surface area (Å²) in [7, 11) is 2.15. The Morgan fingerprint density at radius 2 is 2.47 bits per heavy atom. The number of aromatic amines is 1. The summed E-state index contributed by atoms with van der Waals surface area (Å²) in [6.07, 6.45) is 2.88. The molecule has 0 aromatic carbocycles. The summed E-state index contributed by atoms with van der Waals surface area (Å²) >= 11 is 0. The van der Waals surface area contributed by atoms with Crippen LogP contribution in [-0.2, 0) is 6.54 Å². The Labute approximate surface area is 100 Å². The van der Waals surface area contributed by atoms with Gasteiger partial charge in [-0.1, -0.05) is 0 Å². The fourth-order valence-electron chi connectivity index (χ4n) is 2.57. The number of hydrogen-bond acceptors (Lipinski definition) is 4. The molecule has 1 unspecified atom stereocenters. The largest absolute Gasteiger partial charge is 0.344 e. The summed E-state index contributed by atoms with van der Waals surface area (Å²) in [6, 6.07) is 1.99. The van der Waals surface area contributed by atoms with Gasteiger partial charge in [-0.25, -0.2) is 4.98 Å². The number of fused-ring (bicyclic) bond motifs is 1. The van der Waals surface area contributed by atoms with Gasteiger partial charge >= 0.3 is 0 Å². The molecule has 2 aromatic rings. The first-order valence-corrected chi connectivity index (χ1v) is 5.99. The molecule has 0 bridgehead atoms. The van der Waals surface area contributed by atoms with Crippen LogP contribution in [0.4, 0.5) is 0 Å². The Morgan fingerprint density at radius 3 is 3.18 bits per heavy atom. The van der Waals surface area contributed by atoms with Crippen molar-refractivity contribution in [3.05, 3.63) is 23.8 Å². The van der Waals surface area contributed by atoms with E-state index >= 15 is 0 Å². The molecular formula is C12H17N5. The monoisotopic (exact) mass is 231 g/mol. The number of imidazole rings is 1. The zero-order valence-corrected chi connectivity index (χ0v) is 9.98. The molecule has 5 nitrogen and oxygen atoms in total. The highest BCUT2D eigenvalue weighted by Gasteiger charge is 2.25. The van der Waals surface area contributed by atoms with Crippen LogP contribution in [0.2, 0.25) is 0 Å². The fraction of sp³-hybridized carbons (Fsp3) is 0.500. The van der Waals surface area contributed by atoms with Crippen LogP contribution in [0, 0.1) is 0 Å². The second kappa shape index (κ2) is 4.09. The van der Waals surface area contributed by atoms with E-state index in [-0.39, 0.29) is 0 Å². The topological polar surface area (TPSA) is 70.8 Å². The van der Waals surface area contributed by atoms with E-state index in [9.17, 15) is 0 Å². The highest BCUT2D eigenvalue weighted by Crippen LogP contribution is 2.29. The third-order valence-corrected chi connectivity index (χ3v) is 3.47. The van der Waals surface area contributed by atoms with Crippen molar-refractivity contribution < 1.29 is 0 Å². The molecule has 2 aromatic heterocycles. The summed E-state index contributed by atoms with van der Waals surface area (Å²) in [4.78, 5) is 14.5. The Kier molecular flexibility index (Phi) is 2.57. The Morgan fingerprint density at radius 1 is 1.59 bits per heavy atom. The van der Waals surface area contributed by atoms with E-state index < -0.39 is 0 Å². The lowest BCUT2D eigenvalue weighted by atomic mass is 10.0. The van der Waals surface area contributed by atoms with Gasteiger partial charge in [-0.05, 0) is 26.1 Å². The zero-order chi connectivity index (χ0) is 11.8. The molecule has 1 fully saturated rings. The number of pyridine rings is 1. The van der Waals surface area contributed by atoms with Crippen LogP contribution >= 0.6 is 0 Å². The number of nitrogens with two attached hydrogens (primary N) is 1. The highest BCUT2D eigenvalue weighted by atomic mass is 15.1.